The van der Waals surface area contributed by atoms with Crippen LogP contribution in [0.2, 0.25) is 0 Å². The van der Waals surface area contributed by atoms with Crippen molar-refractivity contribution >= 4 is 29.0 Å². The summed E-state index contributed by atoms with van der Waals surface area (Å²) in [6.45, 7) is 9.69. The van der Waals surface area contributed by atoms with Gasteiger partial charge in [0.25, 0.3) is 5.91 Å². The van der Waals surface area contributed by atoms with E-state index in [1.165, 1.54) is 4.90 Å². The van der Waals surface area contributed by atoms with Crippen LogP contribution in [0.25, 0.3) is 0 Å². The van der Waals surface area contributed by atoms with E-state index in [1.807, 2.05) is 83.1 Å². The Morgan fingerprint density at radius 3 is 2.33 bits per heavy atom. The van der Waals surface area contributed by atoms with Gasteiger partial charge in [-0.15, -0.1) is 5.10 Å². The highest BCUT2D eigenvalue weighted by Crippen LogP contribution is 2.33. The summed E-state index contributed by atoms with van der Waals surface area (Å²) in [4.78, 5) is 28.6. The van der Waals surface area contributed by atoms with Crippen molar-refractivity contribution in [3.8, 4) is 0 Å². The van der Waals surface area contributed by atoms with Gasteiger partial charge in [-0.1, -0.05) is 47.0 Å². The van der Waals surface area contributed by atoms with Crippen LogP contribution in [0.1, 0.15) is 54.0 Å². The van der Waals surface area contributed by atoms with E-state index in [-0.39, 0.29) is 17.5 Å². The van der Waals surface area contributed by atoms with Crippen LogP contribution in [0, 0.1) is 13.8 Å². The number of hydrogen-bond acceptors (Lipinski definition) is 5. The van der Waals surface area contributed by atoms with Crippen molar-refractivity contribution < 1.29 is 9.59 Å². The SMILES string of the molecule is Cc1cccc(N(C(=O)c2csnn2)[C@H](C(=O)NC(C)(C)C)c2ccccc2)c1C. The normalized spacial score (nSPS) is 12.3. The molecule has 0 saturated heterocycles. The van der Waals surface area contributed by atoms with Crippen molar-refractivity contribution in [1.29, 1.82) is 0 Å². The molecule has 1 aromatic heterocycles. The Labute approximate surface area is 181 Å². The molecule has 1 N–H and O–H groups in total. The quantitative estimate of drug-likeness (QED) is 0.659. The molecule has 7 heteroatoms. The molecular formula is C23H26N4O2S. The van der Waals surface area contributed by atoms with Gasteiger partial charge in [-0.3, -0.25) is 14.5 Å². The van der Waals surface area contributed by atoms with Gasteiger partial charge >= 0.3 is 0 Å². The van der Waals surface area contributed by atoms with Crippen LogP contribution >= 0.6 is 11.5 Å². The van der Waals surface area contributed by atoms with Crippen LogP contribution in [0.4, 0.5) is 5.69 Å². The third-order valence-electron chi connectivity index (χ3n) is 4.75. The summed E-state index contributed by atoms with van der Waals surface area (Å²) in [5, 5.41) is 8.61. The molecule has 0 spiro atoms. The number of aryl methyl sites for hydroxylation is 1. The number of nitrogens with zero attached hydrogens (tertiary/aromatic N) is 3. The van der Waals surface area contributed by atoms with Crippen LogP contribution in [-0.4, -0.2) is 26.9 Å². The highest BCUT2D eigenvalue weighted by molar-refractivity contribution is 7.03. The van der Waals surface area contributed by atoms with Gasteiger partial charge in [0.2, 0.25) is 5.91 Å². The molecule has 3 aromatic rings. The average Bonchev–Trinajstić information content (AvgIpc) is 3.22. The minimum absolute atomic E-state index is 0.213. The predicted molar refractivity (Wildman–Crippen MR) is 120 cm³/mol. The van der Waals surface area contributed by atoms with Gasteiger partial charge in [0, 0.05) is 16.6 Å². The third kappa shape index (κ3) is 4.74. The molecule has 0 aliphatic carbocycles. The first-order valence-corrected chi connectivity index (χ1v) is 10.6. The summed E-state index contributed by atoms with van der Waals surface area (Å²) in [6, 6.07) is 14.2. The number of rotatable bonds is 5. The molecule has 0 unspecified atom stereocenters. The van der Waals surface area contributed by atoms with E-state index in [0.717, 1.165) is 28.2 Å². The average molecular weight is 423 g/mol. The lowest BCUT2D eigenvalue weighted by Crippen LogP contribution is -2.49. The van der Waals surface area contributed by atoms with Crippen LogP contribution in [0.3, 0.4) is 0 Å². The number of nitrogens with one attached hydrogen (secondary N) is 1. The maximum atomic E-state index is 13.6. The fourth-order valence-corrected chi connectivity index (χ4v) is 3.66. The standard InChI is InChI=1S/C23H26N4O2S/c1-15-10-9-13-19(16(15)2)27(22(29)18-14-30-26-25-18)20(17-11-7-6-8-12-17)21(28)24-23(3,4)5/h6-14,20H,1-5H3,(H,24,28)/t20-/m0/s1. The molecule has 0 aliphatic rings. The van der Waals surface area contributed by atoms with Crippen LogP contribution in [0.15, 0.2) is 53.9 Å². The molecule has 1 heterocycles. The second-order valence-electron chi connectivity index (χ2n) is 8.24. The molecule has 0 aliphatic heterocycles. The van der Waals surface area contributed by atoms with Gasteiger partial charge < -0.3 is 5.32 Å². The van der Waals surface area contributed by atoms with Crippen molar-refractivity contribution in [3.63, 3.8) is 0 Å². The molecular weight excluding hydrogens is 396 g/mol. The Bertz CT molecular complexity index is 1030. The number of aromatic nitrogens is 2. The minimum atomic E-state index is -0.861. The van der Waals surface area contributed by atoms with Crippen molar-refractivity contribution in [3.05, 3.63) is 76.3 Å². The zero-order chi connectivity index (χ0) is 21.9. The highest BCUT2D eigenvalue weighted by Gasteiger charge is 2.36. The van der Waals surface area contributed by atoms with Crippen molar-refractivity contribution in [2.24, 2.45) is 0 Å². The molecule has 3 rings (SSSR count). The van der Waals surface area contributed by atoms with Crippen molar-refractivity contribution in [1.82, 2.24) is 14.9 Å². The molecule has 0 fully saturated rings. The summed E-state index contributed by atoms with van der Waals surface area (Å²) in [5.41, 5.74) is 3.11. The maximum Gasteiger partial charge on any atom is 0.280 e. The first-order valence-electron chi connectivity index (χ1n) is 9.73. The summed E-state index contributed by atoms with van der Waals surface area (Å²) < 4.78 is 3.84. The number of hydrogen-bond donors (Lipinski definition) is 1. The van der Waals surface area contributed by atoms with Crippen molar-refractivity contribution in [2.45, 2.75) is 46.2 Å². The Morgan fingerprint density at radius 2 is 1.73 bits per heavy atom. The zero-order valence-electron chi connectivity index (χ0n) is 17.8. The number of anilines is 1. The van der Waals surface area contributed by atoms with Gasteiger partial charge in [0.15, 0.2) is 5.69 Å². The van der Waals surface area contributed by atoms with Gasteiger partial charge in [0.05, 0.1) is 0 Å². The minimum Gasteiger partial charge on any atom is -0.349 e. The number of carbonyl (C=O) groups excluding carboxylic acids is 2. The third-order valence-corrected chi connectivity index (χ3v) is 5.26. The second kappa shape index (κ2) is 8.75. The van der Waals surface area contributed by atoms with E-state index in [2.05, 4.69) is 14.9 Å². The van der Waals surface area contributed by atoms with E-state index < -0.39 is 11.6 Å². The van der Waals surface area contributed by atoms with E-state index in [4.69, 9.17) is 0 Å². The van der Waals surface area contributed by atoms with E-state index in [0.29, 0.717) is 5.69 Å². The lowest BCUT2D eigenvalue weighted by Gasteiger charge is -2.34. The van der Waals surface area contributed by atoms with Crippen LogP contribution in [-0.2, 0) is 4.79 Å². The fourth-order valence-electron chi connectivity index (χ4n) is 3.23. The molecule has 2 amide bonds. The first-order chi connectivity index (χ1) is 14.2. The number of amides is 2. The molecule has 2 aromatic carbocycles. The molecule has 0 radical (unpaired) electrons. The Balaban J connectivity index is 2.22. The van der Waals surface area contributed by atoms with Crippen LogP contribution < -0.4 is 10.2 Å². The second-order valence-corrected chi connectivity index (χ2v) is 8.85. The van der Waals surface area contributed by atoms with Gasteiger partial charge in [0.1, 0.15) is 6.04 Å². The van der Waals surface area contributed by atoms with Gasteiger partial charge in [-0.05, 0) is 68.9 Å². The summed E-state index contributed by atoms with van der Waals surface area (Å²) in [5.74, 6) is -0.624. The molecule has 1 atom stereocenters. The monoisotopic (exact) mass is 422 g/mol. The summed E-state index contributed by atoms with van der Waals surface area (Å²) >= 11 is 1.10. The Kier molecular flexibility index (Phi) is 6.31. The fraction of sp³-hybridized carbons (Fsp3) is 0.304. The maximum absolute atomic E-state index is 13.6. The van der Waals surface area contributed by atoms with E-state index >= 15 is 0 Å². The lowest BCUT2D eigenvalue weighted by molar-refractivity contribution is -0.123. The lowest BCUT2D eigenvalue weighted by atomic mass is 9.98. The Hall–Kier alpha value is -3.06. The highest BCUT2D eigenvalue weighted by atomic mass is 32.1. The van der Waals surface area contributed by atoms with Crippen molar-refractivity contribution in [2.75, 3.05) is 4.90 Å². The summed E-state index contributed by atoms with van der Waals surface area (Å²) in [7, 11) is 0. The molecule has 156 valence electrons. The Morgan fingerprint density at radius 1 is 1.03 bits per heavy atom. The van der Waals surface area contributed by atoms with Gasteiger partial charge in [-0.25, -0.2) is 0 Å². The molecule has 30 heavy (non-hydrogen) atoms. The molecule has 6 nitrogen and oxygen atoms in total. The first kappa shape index (κ1) is 21.6. The smallest absolute Gasteiger partial charge is 0.280 e. The molecule has 0 saturated carbocycles. The number of carbonyl (C=O) groups is 2. The van der Waals surface area contributed by atoms with Crippen LogP contribution in [0.5, 0.6) is 0 Å². The number of benzene rings is 2. The van der Waals surface area contributed by atoms with E-state index in [9.17, 15) is 9.59 Å². The zero-order valence-corrected chi connectivity index (χ0v) is 18.7. The predicted octanol–water partition coefficient (Wildman–Crippen LogP) is 4.46. The molecule has 0 bridgehead atoms. The van der Waals surface area contributed by atoms with E-state index in [1.54, 1.807) is 5.38 Å². The summed E-state index contributed by atoms with van der Waals surface area (Å²) in [6.07, 6.45) is 0. The van der Waals surface area contributed by atoms with Gasteiger partial charge in [-0.2, -0.15) is 0 Å². The topological polar surface area (TPSA) is 75.2 Å². The largest absolute Gasteiger partial charge is 0.349 e.